The van der Waals surface area contributed by atoms with E-state index in [0.29, 0.717) is 0 Å². The Morgan fingerprint density at radius 1 is 0.452 bits per heavy atom. The molecule has 0 bridgehead atoms. The molecule has 4 nitrogen and oxygen atoms in total. The number of hydrogen-bond donors (Lipinski definition) is 0. The summed E-state index contributed by atoms with van der Waals surface area (Å²) in [7, 11) is 0. The number of rotatable bonds is 3. The van der Waals surface area contributed by atoms with Crippen LogP contribution in [0.1, 0.15) is 0 Å². The van der Waals surface area contributed by atoms with Crippen molar-refractivity contribution < 1.29 is 0 Å². The molecule has 0 unspecified atom stereocenters. The fourth-order valence-electron chi connectivity index (χ4n) is 6.59. The van der Waals surface area contributed by atoms with Crippen LogP contribution >= 0.6 is 0 Å². The minimum Gasteiger partial charge on any atom is -0.309 e. The first-order valence-electron chi connectivity index (χ1n) is 14.2. The first-order chi connectivity index (χ1) is 20.8. The zero-order valence-corrected chi connectivity index (χ0v) is 22.6. The van der Waals surface area contributed by atoms with Crippen LogP contribution in [0.4, 0.5) is 0 Å². The molecule has 0 spiro atoms. The van der Waals surface area contributed by atoms with Crippen LogP contribution in [0.2, 0.25) is 0 Å². The number of fused-ring (bicyclic) bond motifs is 8. The topological polar surface area (TPSA) is 35.6 Å². The third-order valence-electron chi connectivity index (χ3n) is 8.43. The van der Waals surface area contributed by atoms with Crippen LogP contribution in [0.25, 0.3) is 77.0 Å². The van der Waals surface area contributed by atoms with E-state index in [1.807, 2.05) is 24.5 Å². The van der Waals surface area contributed by atoms with E-state index in [9.17, 15) is 0 Å². The Hall–Kier alpha value is -5.74. The van der Waals surface area contributed by atoms with E-state index in [-0.39, 0.29) is 0 Å². The van der Waals surface area contributed by atoms with Gasteiger partial charge in [0.2, 0.25) is 0 Å². The second-order valence-electron chi connectivity index (χ2n) is 10.7. The first kappa shape index (κ1) is 23.0. The van der Waals surface area contributed by atoms with Gasteiger partial charge in [0.25, 0.3) is 0 Å². The molecule has 0 atom stereocenters. The Kier molecular flexibility index (Phi) is 4.87. The normalized spacial score (nSPS) is 11.8. The minimum absolute atomic E-state index is 0.890. The smallest absolute Gasteiger partial charge is 0.138 e. The highest BCUT2D eigenvalue weighted by Crippen LogP contribution is 2.40. The van der Waals surface area contributed by atoms with Crippen molar-refractivity contribution >= 4 is 54.4 Å². The number of nitrogens with zero attached hydrogens (tertiary/aromatic N) is 4. The molecule has 9 rings (SSSR count). The first-order valence-corrected chi connectivity index (χ1v) is 14.2. The van der Waals surface area contributed by atoms with E-state index in [2.05, 4.69) is 129 Å². The third kappa shape index (κ3) is 3.29. The highest BCUT2D eigenvalue weighted by atomic mass is 15.1. The van der Waals surface area contributed by atoms with Gasteiger partial charge in [-0.15, -0.1) is 0 Å². The molecule has 4 heterocycles. The number of pyridine rings is 2. The predicted molar refractivity (Wildman–Crippen MR) is 174 cm³/mol. The molecule has 0 aliphatic rings. The highest BCUT2D eigenvalue weighted by Gasteiger charge is 2.19. The average Bonchev–Trinajstić information content (AvgIpc) is 3.57. The van der Waals surface area contributed by atoms with Gasteiger partial charge in [0.05, 0.1) is 22.1 Å². The van der Waals surface area contributed by atoms with Crippen molar-refractivity contribution in [3.8, 4) is 22.6 Å². The molecule has 9 aromatic rings. The van der Waals surface area contributed by atoms with Gasteiger partial charge in [-0.05, 0) is 65.5 Å². The van der Waals surface area contributed by atoms with Crippen LogP contribution in [0, 0.1) is 0 Å². The van der Waals surface area contributed by atoms with E-state index in [1.54, 1.807) is 6.20 Å². The van der Waals surface area contributed by atoms with Crippen LogP contribution in [0.15, 0.2) is 146 Å². The third-order valence-corrected chi connectivity index (χ3v) is 8.43. The predicted octanol–water partition coefficient (Wildman–Crippen LogP) is 9.49. The van der Waals surface area contributed by atoms with Crippen molar-refractivity contribution in [1.82, 2.24) is 19.1 Å². The van der Waals surface area contributed by atoms with E-state index in [0.717, 1.165) is 33.7 Å². The summed E-state index contributed by atoms with van der Waals surface area (Å²) in [6, 6.07) is 45.5. The van der Waals surface area contributed by atoms with Gasteiger partial charge < -0.3 is 4.57 Å². The molecule has 0 saturated heterocycles. The van der Waals surface area contributed by atoms with Gasteiger partial charge in [0.15, 0.2) is 0 Å². The Bertz CT molecular complexity index is 2450. The lowest BCUT2D eigenvalue weighted by atomic mass is 10.0. The van der Waals surface area contributed by atoms with E-state index < -0.39 is 0 Å². The van der Waals surface area contributed by atoms with Gasteiger partial charge in [0.1, 0.15) is 5.82 Å². The fourth-order valence-corrected chi connectivity index (χ4v) is 6.59. The molecule has 4 heteroatoms. The van der Waals surface area contributed by atoms with Crippen molar-refractivity contribution in [2.24, 2.45) is 0 Å². The SMILES string of the molecule is c1ccc(-n2c3ccccc3c3ccc4cc5c(cc4c32)c2ccccc2n5-c2cc(-c3cccnc3)ccn2)cc1. The average molecular weight is 537 g/mol. The monoisotopic (exact) mass is 536 g/mol. The molecule has 0 N–H and O–H groups in total. The fraction of sp³-hybridized carbons (Fsp3) is 0. The quantitative estimate of drug-likeness (QED) is 0.225. The van der Waals surface area contributed by atoms with Crippen molar-refractivity contribution in [2.45, 2.75) is 0 Å². The maximum Gasteiger partial charge on any atom is 0.138 e. The summed E-state index contributed by atoms with van der Waals surface area (Å²) in [5.41, 5.74) is 8.05. The van der Waals surface area contributed by atoms with Crippen molar-refractivity contribution in [1.29, 1.82) is 0 Å². The molecule has 0 aliphatic heterocycles. The number of hydrogen-bond acceptors (Lipinski definition) is 2. The zero-order valence-electron chi connectivity index (χ0n) is 22.6. The second-order valence-corrected chi connectivity index (χ2v) is 10.7. The molecular weight excluding hydrogens is 512 g/mol. The van der Waals surface area contributed by atoms with Crippen LogP contribution in [-0.4, -0.2) is 19.1 Å². The summed E-state index contributed by atoms with van der Waals surface area (Å²) < 4.78 is 4.71. The molecule has 0 fully saturated rings. The highest BCUT2D eigenvalue weighted by molar-refractivity contribution is 6.22. The van der Waals surface area contributed by atoms with Gasteiger partial charge in [0, 0.05) is 56.8 Å². The molecule has 0 amide bonds. The molecule has 4 aromatic heterocycles. The summed E-state index contributed by atoms with van der Waals surface area (Å²) in [6.45, 7) is 0. The van der Waals surface area contributed by atoms with Crippen LogP contribution in [0.5, 0.6) is 0 Å². The lowest BCUT2D eigenvalue weighted by molar-refractivity contribution is 1.08. The standard InChI is InChI=1S/C38H24N4/c1-2-10-28(11-3-1)41-34-14-6-4-12-29(34)31-17-16-26-21-36-33(23-32(26)38(31)41)30-13-5-7-15-35(30)42(36)37-22-25(18-20-40-37)27-9-8-19-39-24-27/h1-24H. The van der Waals surface area contributed by atoms with Crippen molar-refractivity contribution in [3.63, 3.8) is 0 Å². The Morgan fingerprint density at radius 2 is 1.21 bits per heavy atom. The zero-order chi connectivity index (χ0) is 27.6. The maximum absolute atomic E-state index is 4.86. The number of benzene rings is 5. The second kappa shape index (κ2) is 8.88. The summed E-state index contributed by atoms with van der Waals surface area (Å²) in [4.78, 5) is 9.19. The van der Waals surface area contributed by atoms with Crippen LogP contribution < -0.4 is 0 Å². The lowest BCUT2D eigenvalue weighted by Gasteiger charge is -2.11. The molecule has 0 radical (unpaired) electrons. The molecule has 196 valence electrons. The lowest BCUT2D eigenvalue weighted by Crippen LogP contribution is -1.98. The molecule has 0 saturated carbocycles. The maximum atomic E-state index is 4.86. The number of para-hydroxylation sites is 3. The van der Waals surface area contributed by atoms with Gasteiger partial charge >= 0.3 is 0 Å². The summed E-state index contributed by atoms with van der Waals surface area (Å²) >= 11 is 0. The summed E-state index contributed by atoms with van der Waals surface area (Å²) in [6.07, 6.45) is 5.59. The van der Waals surface area contributed by atoms with Gasteiger partial charge in [-0.3, -0.25) is 9.55 Å². The largest absolute Gasteiger partial charge is 0.309 e. The minimum atomic E-state index is 0.890. The molecule has 0 aliphatic carbocycles. The Balaban J connectivity index is 1.40. The molecular formula is C38H24N4. The van der Waals surface area contributed by atoms with Gasteiger partial charge in [-0.25, -0.2) is 4.98 Å². The summed E-state index contributed by atoms with van der Waals surface area (Å²) in [5.74, 6) is 0.890. The molecule has 5 aromatic carbocycles. The van der Waals surface area contributed by atoms with Crippen molar-refractivity contribution in [3.05, 3.63) is 146 Å². The Labute approximate surface area is 241 Å². The van der Waals surface area contributed by atoms with Crippen molar-refractivity contribution in [2.75, 3.05) is 0 Å². The van der Waals surface area contributed by atoms with E-state index >= 15 is 0 Å². The van der Waals surface area contributed by atoms with E-state index in [4.69, 9.17) is 4.98 Å². The summed E-state index contributed by atoms with van der Waals surface area (Å²) in [5, 5.41) is 7.38. The van der Waals surface area contributed by atoms with Gasteiger partial charge in [-0.2, -0.15) is 0 Å². The van der Waals surface area contributed by atoms with Gasteiger partial charge in [-0.1, -0.05) is 72.8 Å². The van der Waals surface area contributed by atoms with Crippen LogP contribution in [0.3, 0.4) is 0 Å². The van der Waals surface area contributed by atoms with E-state index in [1.165, 1.54) is 43.4 Å². The molecule has 42 heavy (non-hydrogen) atoms. The van der Waals surface area contributed by atoms with Crippen LogP contribution in [-0.2, 0) is 0 Å². The Morgan fingerprint density at radius 3 is 2.02 bits per heavy atom. The number of aromatic nitrogens is 4.